The minimum Gasteiger partial charge on any atom is -0.497 e. The van der Waals surface area contributed by atoms with Crippen molar-refractivity contribution in [2.24, 2.45) is 5.92 Å². The molecule has 0 saturated carbocycles. The molecule has 2 heterocycles. The van der Waals surface area contributed by atoms with Gasteiger partial charge >= 0.3 is 0 Å². The highest BCUT2D eigenvalue weighted by molar-refractivity contribution is 6.72. The van der Waals surface area contributed by atoms with E-state index in [-0.39, 0.29) is 24.8 Å². The van der Waals surface area contributed by atoms with Crippen LogP contribution in [0.5, 0.6) is 5.75 Å². The van der Waals surface area contributed by atoms with Crippen molar-refractivity contribution in [1.29, 1.82) is 0 Å². The van der Waals surface area contributed by atoms with Gasteiger partial charge in [0.05, 0.1) is 18.9 Å². The van der Waals surface area contributed by atoms with E-state index < -0.39 is 31.6 Å². The van der Waals surface area contributed by atoms with E-state index in [1.807, 2.05) is 37.3 Å². The first-order valence-electron chi connectivity index (χ1n) is 13.1. The lowest BCUT2D eigenvalue weighted by atomic mass is 9.82. The number of ether oxygens (including phenoxy) is 2. The maximum atomic E-state index is 15.8. The number of benzene rings is 3. The molecule has 0 aromatic heterocycles. The second kappa shape index (κ2) is 10.2. The van der Waals surface area contributed by atoms with E-state index in [1.165, 1.54) is 0 Å². The normalized spacial score (nSPS) is 24.2. The van der Waals surface area contributed by atoms with E-state index in [1.54, 1.807) is 67.6 Å². The molecule has 1 fully saturated rings. The van der Waals surface area contributed by atoms with Gasteiger partial charge in [0.25, 0.3) is 11.8 Å². The number of carbonyl (C=O) groups excluding carboxylic acids is 2. The van der Waals surface area contributed by atoms with Crippen molar-refractivity contribution in [2.45, 2.75) is 43.7 Å². The van der Waals surface area contributed by atoms with Gasteiger partial charge in [0, 0.05) is 40.6 Å². The summed E-state index contributed by atoms with van der Waals surface area (Å²) in [4.78, 5) is 29.0. The van der Waals surface area contributed by atoms with Crippen LogP contribution in [0.2, 0.25) is 18.6 Å². The fourth-order valence-electron chi connectivity index (χ4n) is 6.23. The Bertz CT molecular complexity index is 1380. The molecule has 1 saturated heterocycles. The van der Waals surface area contributed by atoms with E-state index in [4.69, 9.17) is 9.47 Å². The van der Waals surface area contributed by atoms with Crippen LogP contribution in [0.15, 0.2) is 72.8 Å². The van der Waals surface area contributed by atoms with E-state index in [0.29, 0.717) is 33.9 Å². The lowest BCUT2D eigenvalue weighted by molar-refractivity contribution is -0.145. The number of rotatable bonds is 7. The van der Waals surface area contributed by atoms with Crippen LogP contribution in [0, 0.1) is 5.92 Å². The molecule has 0 unspecified atom stereocenters. The van der Waals surface area contributed by atoms with E-state index in [2.05, 4.69) is 5.32 Å². The fourth-order valence-corrected chi connectivity index (χ4v) is 8.77. The van der Waals surface area contributed by atoms with Gasteiger partial charge in [-0.3, -0.25) is 14.5 Å². The van der Waals surface area contributed by atoms with Gasteiger partial charge in [-0.2, -0.15) is 0 Å². The Morgan fingerprint density at radius 1 is 1.13 bits per heavy atom. The third-order valence-corrected chi connectivity index (χ3v) is 10.4. The number of fused-ring (bicyclic) bond motifs is 2. The number of aliphatic hydroxyl groups excluding tert-OH is 1. The smallest absolute Gasteiger partial charge is 0.268 e. The Morgan fingerprint density at radius 2 is 1.82 bits per heavy atom. The average Bonchev–Trinajstić information content (AvgIpc) is 3.35. The summed E-state index contributed by atoms with van der Waals surface area (Å²) in [6.45, 7) is 4.95. The second-order valence-electron chi connectivity index (χ2n) is 10.7. The zero-order valence-corrected chi connectivity index (χ0v) is 23.5. The van der Waals surface area contributed by atoms with Gasteiger partial charge in [-0.1, -0.05) is 25.1 Å². The molecule has 2 aliphatic rings. The zero-order valence-electron chi connectivity index (χ0n) is 22.5. The first-order chi connectivity index (χ1) is 18.6. The molecule has 0 aliphatic carbocycles. The Hall–Kier alpha value is -3.53. The first kappa shape index (κ1) is 27.0. The van der Waals surface area contributed by atoms with Crippen LogP contribution < -0.4 is 15.0 Å². The monoisotopic (exact) mass is 548 g/mol. The van der Waals surface area contributed by atoms with Gasteiger partial charge in [0.1, 0.15) is 5.75 Å². The van der Waals surface area contributed by atoms with E-state index in [9.17, 15) is 14.7 Å². The summed E-state index contributed by atoms with van der Waals surface area (Å²) < 4.78 is 27.5. The third kappa shape index (κ3) is 4.54. The topological polar surface area (TPSA) is 88.1 Å². The Morgan fingerprint density at radius 3 is 2.44 bits per heavy atom. The summed E-state index contributed by atoms with van der Waals surface area (Å²) in [5.41, 5.74) is 0.868. The van der Waals surface area contributed by atoms with Crippen LogP contribution in [0.1, 0.15) is 29.3 Å². The van der Waals surface area contributed by atoms with Gasteiger partial charge in [-0.05, 0) is 74.1 Å². The van der Waals surface area contributed by atoms with Crippen LogP contribution in [-0.2, 0) is 15.1 Å². The summed E-state index contributed by atoms with van der Waals surface area (Å²) >= 11 is 0. The number of anilines is 3. The van der Waals surface area contributed by atoms with Crippen molar-refractivity contribution < 1.29 is 28.3 Å². The molecule has 3 aromatic rings. The summed E-state index contributed by atoms with van der Waals surface area (Å²) in [5, 5.41) is 12.7. The van der Waals surface area contributed by atoms with Gasteiger partial charge in [0.15, 0.2) is 5.60 Å². The molecular formula is C30H33FN2O5Si. The molecule has 1 spiro atoms. The van der Waals surface area contributed by atoms with Crippen molar-refractivity contribution in [3.05, 3.63) is 83.9 Å². The summed E-state index contributed by atoms with van der Waals surface area (Å²) in [7, 11) is -1.75. The second-order valence-corrected chi connectivity index (χ2v) is 14.5. The molecule has 0 bridgehead atoms. The minimum absolute atomic E-state index is 0.171. The molecule has 7 nitrogen and oxygen atoms in total. The van der Waals surface area contributed by atoms with Crippen molar-refractivity contribution >= 4 is 37.3 Å². The van der Waals surface area contributed by atoms with Crippen molar-refractivity contribution in [2.75, 3.05) is 23.9 Å². The summed E-state index contributed by atoms with van der Waals surface area (Å²) in [6.07, 6.45) is -0.374. The maximum absolute atomic E-state index is 15.8. The number of methoxy groups -OCH3 is 1. The highest BCUT2D eigenvalue weighted by Gasteiger charge is 2.66. The van der Waals surface area contributed by atoms with Gasteiger partial charge in [-0.15, -0.1) is 0 Å². The number of amides is 2. The molecule has 0 radical (unpaired) electrons. The minimum atomic E-state index is -3.31. The number of nitrogens with one attached hydrogen (secondary N) is 1. The molecule has 9 heteroatoms. The van der Waals surface area contributed by atoms with Crippen LogP contribution >= 0.6 is 0 Å². The average molecular weight is 549 g/mol. The number of carbonyl (C=O) groups is 2. The number of aliphatic hydroxyl groups is 1. The van der Waals surface area contributed by atoms with Crippen molar-refractivity contribution in [3.8, 4) is 5.75 Å². The van der Waals surface area contributed by atoms with Crippen molar-refractivity contribution in [1.82, 2.24) is 0 Å². The van der Waals surface area contributed by atoms with Crippen LogP contribution in [0.4, 0.5) is 21.2 Å². The Balaban J connectivity index is 1.60. The van der Waals surface area contributed by atoms with Crippen LogP contribution in [-0.4, -0.2) is 45.1 Å². The fraction of sp³-hybridized carbons (Fsp3) is 0.333. The maximum Gasteiger partial charge on any atom is 0.268 e. The summed E-state index contributed by atoms with van der Waals surface area (Å²) in [6, 6.07) is 21.3. The van der Waals surface area contributed by atoms with Crippen LogP contribution in [0.3, 0.4) is 0 Å². The standard InChI is InChI=1S/C30H33FN2O5Si/c1-19-27(39(3,4)31)26(16-17-34)38-30(19)24-18-21(32-28(35)20-10-13-23(37-2)14-11-20)12-15-25(24)33(29(30)36)22-8-6-5-7-9-22/h5-15,18-19,26-27,34H,16-17H2,1-4H3,(H,32,35)/t19-,26+,27-,30+/m0/s1. The molecular weight excluding hydrogens is 515 g/mol. The lowest BCUT2D eigenvalue weighted by Crippen LogP contribution is -2.44. The number of halogens is 1. The van der Waals surface area contributed by atoms with Gasteiger partial charge in [0.2, 0.25) is 8.41 Å². The largest absolute Gasteiger partial charge is 0.497 e. The molecule has 3 aromatic carbocycles. The first-order valence-corrected chi connectivity index (χ1v) is 16.0. The van der Waals surface area contributed by atoms with Gasteiger partial charge < -0.3 is 24.0 Å². The predicted octanol–water partition coefficient (Wildman–Crippen LogP) is 5.78. The van der Waals surface area contributed by atoms with Gasteiger partial charge in [-0.25, -0.2) is 0 Å². The van der Waals surface area contributed by atoms with Crippen LogP contribution in [0.25, 0.3) is 0 Å². The number of nitrogens with zero attached hydrogens (tertiary/aromatic N) is 1. The van der Waals surface area contributed by atoms with Crippen molar-refractivity contribution in [3.63, 3.8) is 0 Å². The zero-order chi connectivity index (χ0) is 27.9. The molecule has 2 amide bonds. The number of para-hydroxylation sites is 1. The molecule has 5 rings (SSSR count). The molecule has 2 aliphatic heterocycles. The highest BCUT2D eigenvalue weighted by atomic mass is 28.4. The third-order valence-electron chi connectivity index (χ3n) is 7.91. The molecule has 39 heavy (non-hydrogen) atoms. The highest BCUT2D eigenvalue weighted by Crippen LogP contribution is 2.61. The lowest BCUT2D eigenvalue weighted by Gasteiger charge is -2.31. The Kier molecular flexibility index (Phi) is 7.09. The quantitative estimate of drug-likeness (QED) is 0.289. The Labute approximate surface area is 228 Å². The van der Waals surface area contributed by atoms with E-state index >= 15 is 4.11 Å². The SMILES string of the molecule is COc1ccc(C(=O)Nc2ccc3c(c2)[C@@]2(O[C@H](CCO)[C@@H]([Si](C)(C)F)[C@@H]2C)C(=O)N3c2ccccc2)cc1. The number of hydrogen-bond donors (Lipinski definition) is 2. The predicted molar refractivity (Wildman–Crippen MR) is 151 cm³/mol. The number of hydrogen-bond acceptors (Lipinski definition) is 5. The van der Waals surface area contributed by atoms with E-state index in [0.717, 1.165) is 0 Å². The summed E-state index contributed by atoms with van der Waals surface area (Å²) in [5.74, 6) is -0.458. The molecule has 2 N–H and O–H groups in total. The molecule has 4 atom stereocenters. The molecule has 204 valence electrons.